The van der Waals surface area contributed by atoms with E-state index in [1.54, 1.807) is 12.1 Å². The summed E-state index contributed by atoms with van der Waals surface area (Å²) in [5, 5.41) is 7.20. The van der Waals surface area contributed by atoms with Crippen molar-refractivity contribution in [1.82, 2.24) is 0 Å². The zero-order valence-electron chi connectivity index (χ0n) is 8.48. The molecule has 16 heavy (non-hydrogen) atoms. The molecule has 0 aromatic heterocycles. The minimum absolute atomic E-state index is 0.367. The van der Waals surface area contributed by atoms with E-state index in [1.807, 2.05) is 30.3 Å². The Hall–Kier alpha value is -1.36. The monoisotopic (exact) mass is 326 g/mol. The van der Waals surface area contributed by atoms with Crippen molar-refractivity contribution in [3.05, 3.63) is 67.3 Å². The van der Waals surface area contributed by atoms with Crippen LogP contribution in [-0.4, -0.2) is 11.1 Å². The van der Waals surface area contributed by atoms with Crippen molar-refractivity contribution >= 4 is 5.97 Å². The molecule has 2 aromatic rings. The summed E-state index contributed by atoms with van der Waals surface area (Å²) in [6.45, 7) is 0. The van der Waals surface area contributed by atoms with Gasteiger partial charge >= 0.3 is 104 Å². The third-order valence-electron chi connectivity index (χ3n) is 2.06. The number of carbonyl (C=O) groups excluding carboxylic acids is 1. The quantitative estimate of drug-likeness (QED) is 0.510. The van der Waals surface area contributed by atoms with E-state index in [-0.39, 0.29) is 21.2 Å². The first-order valence-corrected chi connectivity index (χ1v) is 6.98. The maximum atomic E-state index is 11.1. The molecule has 3 heteroatoms. The van der Waals surface area contributed by atoms with Crippen LogP contribution in [0.25, 0.3) is 0 Å². The summed E-state index contributed by atoms with van der Waals surface area (Å²) in [5.74, 6) is -0.591. The molecular weight excluding hydrogens is 315 g/mol. The first-order chi connectivity index (χ1) is 7.77. The van der Waals surface area contributed by atoms with E-state index in [4.69, 9.17) is 5.11 Å². The Morgan fingerprint density at radius 3 is 2.25 bits per heavy atom. The molecule has 0 aliphatic carbocycles. The average Bonchev–Trinajstić information content (AvgIpc) is 2.31. The third kappa shape index (κ3) is 2.61. The van der Waals surface area contributed by atoms with Gasteiger partial charge in [0, 0.05) is 0 Å². The molecule has 0 bridgehead atoms. The molecule has 0 saturated carbocycles. The number of halogens is 1. The number of rotatable bonds is 3. The Kier molecular flexibility index (Phi) is 3.56. The van der Waals surface area contributed by atoms with E-state index in [0.29, 0.717) is 5.56 Å². The standard InChI is InChI=1S/C13H10IO2/c15-13(16)11-8-4-5-9-12(11)14-10-6-2-1-3-7-10/h1-9H,(H,15,16)/q-1/p+1. The van der Waals surface area contributed by atoms with Crippen molar-refractivity contribution in [2.45, 2.75) is 0 Å². The average molecular weight is 326 g/mol. The fraction of sp³-hybridized carbons (Fsp3) is 0. The molecule has 2 aromatic carbocycles. The fourth-order valence-corrected chi connectivity index (χ4v) is 3.87. The predicted molar refractivity (Wildman–Crippen MR) is 58.2 cm³/mol. The van der Waals surface area contributed by atoms with Crippen molar-refractivity contribution in [2.24, 2.45) is 0 Å². The van der Waals surface area contributed by atoms with Gasteiger partial charge in [-0.25, -0.2) is 0 Å². The third-order valence-corrected chi connectivity index (χ3v) is 4.93. The van der Waals surface area contributed by atoms with Crippen LogP contribution in [0.15, 0.2) is 54.6 Å². The molecule has 0 aliphatic rings. The van der Waals surface area contributed by atoms with Gasteiger partial charge in [-0.1, -0.05) is 0 Å². The van der Waals surface area contributed by atoms with Crippen LogP contribution in [0.1, 0.15) is 10.4 Å². The SMILES string of the molecule is O=C([OH2+])c1ccccc1[I-]c1ccccc1. The second-order valence-corrected chi connectivity index (χ2v) is 6.15. The summed E-state index contributed by atoms with van der Waals surface area (Å²) < 4.78 is 2.28. The topological polar surface area (TPSA) is 40.0 Å². The zero-order chi connectivity index (χ0) is 11.4. The van der Waals surface area contributed by atoms with Crippen LogP contribution in [0.5, 0.6) is 0 Å². The van der Waals surface area contributed by atoms with Crippen LogP contribution in [0.2, 0.25) is 0 Å². The normalized spacial score (nSPS) is 10.2. The number of hydrogen-bond donors (Lipinski definition) is 0. The Bertz CT molecular complexity index is 494. The van der Waals surface area contributed by atoms with E-state index in [0.717, 1.165) is 3.57 Å². The molecule has 0 amide bonds. The second kappa shape index (κ2) is 5.12. The fourth-order valence-electron chi connectivity index (χ4n) is 1.32. The molecule has 0 heterocycles. The molecule has 2 nitrogen and oxygen atoms in total. The minimum atomic E-state index is -0.591. The van der Waals surface area contributed by atoms with E-state index in [9.17, 15) is 4.79 Å². The van der Waals surface area contributed by atoms with Crippen molar-refractivity contribution in [3.63, 3.8) is 0 Å². The summed E-state index contributed by atoms with van der Waals surface area (Å²) in [4.78, 5) is 11.1. The Labute approximate surface area is 104 Å². The van der Waals surface area contributed by atoms with Crippen molar-refractivity contribution in [3.8, 4) is 0 Å². The molecule has 2 N–H and O–H groups in total. The Morgan fingerprint density at radius 2 is 1.56 bits per heavy atom. The molecule has 2 rings (SSSR count). The summed E-state index contributed by atoms with van der Waals surface area (Å²) >= 11 is -0.367. The van der Waals surface area contributed by atoms with Crippen molar-refractivity contribution in [1.29, 1.82) is 0 Å². The molecule has 0 unspecified atom stereocenters. The van der Waals surface area contributed by atoms with Gasteiger partial charge in [-0.2, -0.15) is 0 Å². The van der Waals surface area contributed by atoms with Crippen LogP contribution in [0.3, 0.4) is 0 Å². The Morgan fingerprint density at radius 1 is 0.938 bits per heavy atom. The van der Waals surface area contributed by atoms with Gasteiger partial charge in [0.1, 0.15) is 0 Å². The molecule has 0 radical (unpaired) electrons. The molecule has 0 atom stereocenters. The molecule has 0 aliphatic heterocycles. The first-order valence-electron chi connectivity index (χ1n) is 4.82. The van der Waals surface area contributed by atoms with Crippen LogP contribution in [-0.2, 0) is 0 Å². The van der Waals surface area contributed by atoms with Gasteiger partial charge in [-0.15, -0.1) is 0 Å². The van der Waals surface area contributed by atoms with Gasteiger partial charge in [-0.3, -0.25) is 0 Å². The van der Waals surface area contributed by atoms with Gasteiger partial charge in [0.25, 0.3) is 0 Å². The number of carbonyl (C=O) groups is 1. The van der Waals surface area contributed by atoms with E-state index in [2.05, 4.69) is 12.1 Å². The van der Waals surface area contributed by atoms with E-state index >= 15 is 0 Å². The van der Waals surface area contributed by atoms with E-state index < -0.39 is 5.97 Å². The van der Waals surface area contributed by atoms with Crippen molar-refractivity contribution in [2.75, 3.05) is 0 Å². The van der Waals surface area contributed by atoms with Crippen LogP contribution >= 0.6 is 0 Å². The zero-order valence-corrected chi connectivity index (χ0v) is 10.6. The van der Waals surface area contributed by atoms with Crippen LogP contribution < -0.4 is 21.2 Å². The van der Waals surface area contributed by atoms with Crippen LogP contribution in [0, 0.1) is 7.14 Å². The van der Waals surface area contributed by atoms with Gasteiger partial charge in [0.05, 0.1) is 0 Å². The maximum absolute atomic E-state index is 11.1. The first kappa shape index (κ1) is 11.1. The Balaban J connectivity index is 2.31. The second-order valence-electron chi connectivity index (χ2n) is 3.20. The molecule has 0 spiro atoms. The summed E-state index contributed by atoms with van der Waals surface area (Å²) in [5.41, 5.74) is 0.541. The molecular formula is C13H11IO2. The summed E-state index contributed by atoms with van der Waals surface area (Å²) in [7, 11) is 0. The van der Waals surface area contributed by atoms with E-state index in [1.165, 1.54) is 3.57 Å². The van der Waals surface area contributed by atoms with Gasteiger partial charge in [0.15, 0.2) is 0 Å². The molecule has 0 saturated heterocycles. The molecule has 0 fully saturated rings. The van der Waals surface area contributed by atoms with Gasteiger partial charge < -0.3 is 0 Å². The van der Waals surface area contributed by atoms with Crippen LogP contribution in [0.4, 0.5) is 0 Å². The van der Waals surface area contributed by atoms with Gasteiger partial charge in [-0.05, 0) is 0 Å². The van der Waals surface area contributed by atoms with Gasteiger partial charge in [0.2, 0.25) is 0 Å². The number of benzene rings is 2. The predicted octanol–water partition coefficient (Wildman–Crippen LogP) is -1.32. The molecule has 82 valence electrons. The summed E-state index contributed by atoms with van der Waals surface area (Å²) in [6.07, 6.45) is 0. The number of hydrogen-bond acceptors (Lipinski definition) is 1. The summed E-state index contributed by atoms with van der Waals surface area (Å²) in [6, 6.07) is 17.5. The van der Waals surface area contributed by atoms with Crippen molar-refractivity contribution < 1.29 is 31.1 Å².